The van der Waals surface area contributed by atoms with E-state index in [9.17, 15) is 22.8 Å². The number of halogens is 3. The molecule has 2 unspecified atom stereocenters. The van der Waals surface area contributed by atoms with Crippen LogP contribution in [0.5, 0.6) is 0 Å². The number of hydrogen-bond donors (Lipinski definition) is 2. The monoisotopic (exact) mass is 343 g/mol. The van der Waals surface area contributed by atoms with Crippen LogP contribution in [0.4, 0.5) is 13.2 Å². The van der Waals surface area contributed by atoms with Crippen molar-refractivity contribution in [2.24, 2.45) is 11.8 Å². The van der Waals surface area contributed by atoms with Gasteiger partial charge in [-0.15, -0.1) is 0 Å². The molecule has 1 aliphatic carbocycles. The van der Waals surface area contributed by atoms with Gasteiger partial charge in [0.05, 0.1) is 5.56 Å². The second-order valence-corrected chi connectivity index (χ2v) is 6.60. The number of benzene rings is 1. The Kier molecular flexibility index (Phi) is 5.20. The minimum absolute atomic E-state index is 0.102. The van der Waals surface area contributed by atoms with Crippen LogP contribution >= 0.6 is 0 Å². The molecule has 1 aromatic carbocycles. The van der Waals surface area contributed by atoms with Crippen molar-refractivity contribution >= 4 is 11.9 Å². The number of amides is 1. The summed E-state index contributed by atoms with van der Waals surface area (Å²) in [6.07, 6.45) is -3.68. The number of hydrogen-bond acceptors (Lipinski definition) is 2. The number of rotatable bonds is 6. The zero-order valence-electron chi connectivity index (χ0n) is 13.4. The van der Waals surface area contributed by atoms with Crippen molar-refractivity contribution in [3.8, 4) is 0 Å². The number of aliphatic carboxylic acids is 1. The summed E-state index contributed by atoms with van der Waals surface area (Å²) in [5.41, 5.74) is -0.282. The lowest BCUT2D eigenvalue weighted by Crippen LogP contribution is -2.42. The minimum Gasteiger partial charge on any atom is -0.480 e. The van der Waals surface area contributed by atoms with Gasteiger partial charge in [-0.05, 0) is 36.3 Å². The lowest BCUT2D eigenvalue weighted by molar-refractivity contribution is -0.142. The van der Waals surface area contributed by atoms with Crippen molar-refractivity contribution in [1.82, 2.24) is 5.32 Å². The van der Waals surface area contributed by atoms with Crippen LogP contribution in [0.15, 0.2) is 24.3 Å². The Bertz CT molecular complexity index is 628. The Hall–Kier alpha value is -2.05. The molecule has 2 rings (SSSR count). The van der Waals surface area contributed by atoms with Gasteiger partial charge in [-0.1, -0.05) is 32.0 Å². The van der Waals surface area contributed by atoms with E-state index in [0.717, 1.165) is 12.1 Å². The van der Waals surface area contributed by atoms with E-state index in [2.05, 4.69) is 5.32 Å². The summed E-state index contributed by atoms with van der Waals surface area (Å²) in [4.78, 5) is 23.4. The van der Waals surface area contributed by atoms with Crippen LogP contribution in [-0.2, 0) is 15.8 Å². The molecule has 1 aromatic rings. The number of carboxylic acid groups (broad SMARTS) is 1. The van der Waals surface area contributed by atoms with Crippen LogP contribution in [0.2, 0.25) is 0 Å². The highest BCUT2D eigenvalue weighted by Crippen LogP contribution is 2.48. The highest BCUT2D eigenvalue weighted by Gasteiger charge is 2.45. The highest BCUT2D eigenvalue weighted by atomic mass is 19.4. The first-order valence-corrected chi connectivity index (χ1v) is 7.80. The number of carbonyl (C=O) groups is 2. The molecular weight excluding hydrogens is 323 g/mol. The van der Waals surface area contributed by atoms with E-state index in [1.54, 1.807) is 6.07 Å². The molecule has 0 aromatic heterocycles. The molecule has 0 radical (unpaired) electrons. The van der Waals surface area contributed by atoms with E-state index in [-0.39, 0.29) is 11.8 Å². The largest absolute Gasteiger partial charge is 0.480 e. The average molecular weight is 343 g/mol. The van der Waals surface area contributed by atoms with Crippen molar-refractivity contribution < 1.29 is 27.9 Å². The summed E-state index contributed by atoms with van der Waals surface area (Å²) in [6.45, 7) is 3.70. The molecular formula is C17H20F3NO3. The summed E-state index contributed by atoms with van der Waals surface area (Å²) in [7, 11) is 0. The van der Waals surface area contributed by atoms with Gasteiger partial charge in [0.25, 0.3) is 0 Å². The van der Waals surface area contributed by atoms with Gasteiger partial charge in [0, 0.05) is 5.92 Å². The number of alkyl halides is 3. The SMILES string of the molecule is CC(C)C[C@H](NC(=O)C1CC1c1cccc(C(F)(F)F)c1)C(=O)O. The van der Waals surface area contributed by atoms with Gasteiger partial charge in [-0.25, -0.2) is 4.79 Å². The second kappa shape index (κ2) is 6.83. The van der Waals surface area contributed by atoms with Crippen molar-refractivity contribution in [1.29, 1.82) is 0 Å². The third-order valence-electron chi connectivity index (χ3n) is 4.09. The highest BCUT2D eigenvalue weighted by molar-refractivity contribution is 5.87. The number of nitrogens with one attached hydrogen (secondary N) is 1. The maximum Gasteiger partial charge on any atom is 0.416 e. The topological polar surface area (TPSA) is 66.4 Å². The Morgan fingerprint density at radius 2 is 2.00 bits per heavy atom. The lowest BCUT2D eigenvalue weighted by Gasteiger charge is -2.16. The Morgan fingerprint density at radius 1 is 1.33 bits per heavy atom. The molecule has 0 saturated heterocycles. The zero-order chi connectivity index (χ0) is 18.1. The fraction of sp³-hybridized carbons (Fsp3) is 0.529. The fourth-order valence-electron chi connectivity index (χ4n) is 2.77. The molecule has 132 valence electrons. The summed E-state index contributed by atoms with van der Waals surface area (Å²) < 4.78 is 38.2. The molecule has 1 fully saturated rings. The van der Waals surface area contributed by atoms with Gasteiger partial charge in [-0.2, -0.15) is 13.2 Å². The maximum absolute atomic E-state index is 12.7. The van der Waals surface area contributed by atoms with Gasteiger partial charge < -0.3 is 10.4 Å². The first-order chi connectivity index (χ1) is 11.1. The molecule has 24 heavy (non-hydrogen) atoms. The molecule has 1 aliphatic rings. The average Bonchev–Trinajstić information content (AvgIpc) is 3.25. The molecule has 0 aliphatic heterocycles. The smallest absolute Gasteiger partial charge is 0.416 e. The summed E-state index contributed by atoms with van der Waals surface area (Å²) in [5.74, 6) is -2.17. The minimum atomic E-state index is -4.42. The molecule has 4 nitrogen and oxygen atoms in total. The third kappa shape index (κ3) is 4.49. The van der Waals surface area contributed by atoms with Crippen molar-refractivity contribution in [2.75, 3.05) is 0 Å². The fourth-order valence-corrected chi connectivity index (χ4v) is 2.77. The van der Waals surface area contributed by atoms with Gasteiger partial charge in [0.2, 0.25) is 5.91 Å². The van der Waals surface area contributed by atoms with Crippen LogP contribution in [0.1, 0.15) is 43.7 Å². The lowest BCUT2D eigenvalue weighted by atomic mass is 10.0. The van der Waals surface area contributed by atoms with Crippen LogP contribution in [0.3, 0.4) is 0 Å². The predicted molar refractivity (Wildman–Crippen MR) is 81.3 cm³/mol. The molecule has 0 bridgehead atoms. The van der Waals surface area contributed by atoms with E-state index in [0.29, 0.717) is 18.4 Å². The third-order valence-corrected chi connectivity index (χ3v) is 4.09. The van der Waals surface area contributed by atoms with E-state index < -0.39 is 35.6 Å². The van der Waals surface area contributed by atoms with Crippen LogP contribution in [0.25, 0.3) is 0 Å². The molecule has 0 spiro atoms. The number of carboxylic acids is 1. The molecule has 2 N–H and O–H groups in total. The first kappa shape index (κ1) is 18.3. The van der Waals surface area contributed by atoms with Crippen LogP contribution in [-0.4, -0.2) is 23.0 Å². The normalized spacial score (nSPS) is 21.4. The molecule has 0 heterocycles. The number of carbonyl (C=O) groups excluding carboxylic acids is 1. The summed E-state index contributed by atoms with van der Waals surface area (Å²) >= 11 is 0. The van der Waals surface area contributed by atoms with E-state index in [4.69, 9.17) is 5.11 Å². The van der Waals surface area contributed by atoms with E-state index in [1.165, 1.54) is 6.07 Å². The Labute approximate surface area is 138 Å². The maximum atomic E-state index is 12.7. The van der Waals surface area contributed by atoms with E-state index >= 15 is 0 Å². The van der Waals surface area contributed by atoms with Gasteiger partial charge in [0.1, 0.15) is 6.04 Å². The molecule has 1 saturated carbocycles. The molecule has 3 atom stereocenters. The summed E-state index contributed by atoms with van der Waals surface area (Å²) in [6, 6.07) is 3.96. The summed E-state index contributed by atoms with van der Waals surface area (Å²) in [5, 5.41) is 11.6. The predicted octanol–water partition coefficient (Wildman–Crippen LogP) is 3.42. The van der Waals surface area contributed by atoms with E-state index in [1.807, 2.05) is 13.8 Å². The first-order valence-electron chi connectivity index (χ1n) is 7.80. The van der Waals surface area contributed by atoms with Crippen LogP contribution < -0.4 is 5.32 Å². The van der Waals surface area contributed by atoms with Crippen molar-refractivity contribution in [3.05, 3.63) is 35.4 Å². The van der Waals surface area contributed by atoms with Crippen molar-refractivity contribution in [3.63, 3.8) is 0 Å². The second-order valence-electron chi connectivity index (χ2n) is 6.60. The molecule has 1 amide bonds. The zero-order valence-corrected chi connectivity index (χ0v) is 13.4. The standard InChI is InChI=1S/C17H20F3NO3/c1-9(2)6-14(16(23)24)21-15(22)13-8-12(13)10-4-3-5-11(7-10)17(18,19)20/h3-5,7,9,12-14H,6,8H2,1-2H3,(H,21,22)(H,23,24)/t12?,13?,14-/m0/s1. The Morgan fingerprint density at radius 3 is 2.54 bits per heavy atom. The van der Waals surface area contributed by atoms with Gasteiger partial charge in [-0.3, -0.25) is 4.79 Å². The molecule has 7 heteroatoms. The van der Waals surface area contributed by atoms with Gasteiger partial charge in [0.15, 0.2) is 0 Å². The van der Waals surface area contributed by atoms with Crippen LogP contribution in [0, 0.1) is 11.8 Å². The Balaban J connectivity index is 2.02. The quantitative estimate of drug-likeness (QED) is 0.832. The van der Waals surface area contributed by atoms with Crippen molar-refractivity contribution in [2.45, 2.75) is 44.8 Å². The van der Waals surface area contributed by atoms with Gasteiger partial charge >= 0.3 is 12.1 Å².